The third kappa shape index (κ3) is 3.69. The minimum atomic E-state index is -0.665. The van der Waals surface area contributed by atoms with Crippen molar-refractivity contribution in [3.8, 4) is 5.75 Å². The molecule has 1 N–H and O–H groups in total. The fraction of sp³-hybridized carbons (Fsp3) is 0.143. The summed E-state index contributed by atoms with van der Waals surface area (Å²) in [5.41, 5.74) is 0. The zero-order valence-electron chi connectivity index (χ0n) is 10.3. The highest BCUT2D eigenvalue weighted by Gasteiger charge is 2.16. The molecule has 0 aliphatic heterocycles. The van der Waals surface area contributed by atoms with Crippen molar-refractivity contribution in [2.45, 2.75) is 13.0 Å². The van der Waals surface area contributed by atoms with Gasteiger partial charge in [-0.2, -0.15) is 0 Å². The lowest BCUT2D eigenvalue weighted by Gasteiger charge is -2.15. The third-order valence-corrected chi connectivity index (χ3v) is 2.74. The second kappa shape index (κ2) is 6.20. The number of para-hydroxylation sites is 1. The Morgan fingerprint density at radius 3 is 2.68 bits per heavy atom. The SMILES string of the molecule is C[C@H](Oc1ccccc1Cl)C(=O)Nc1ccccn1. The average molecular weight is 277 g/mol. The van der Waals surface area contributed by atoms with E-state index in [0.717, 1.165) is 0 Å². The maximum absolute atomic E-state index is 11.9. The van der Waals surface area contributed by atoms with Crippen LogP contribution in [-0.2, 0) is 4.79 Å². The maximum Gasteiger partial charge on any atom is 0.266 e. The summed E-state index contributed by atoms with van der Waals surface area (Å²) in [6, 6.07) is 12.3. The number of carbonyl (C=O) groups is 1. The van der Waals surface area contributed by atoms with E-state index in [1.165, 1.54) is 0 Å². The lowest BCUT2D eigenvalue weighted by Crippen LogP contribution is -2.30. The predicted octanol–water partition coefficient (Wildman–Crippen LogP) is 3.14. The van der Waals surface area contributed by atoms with E-state index in [0.29, 0.717) is 16.6 Å². The number of anilines is 1. The van der Waals surface area contributed by atoms with Crippen LogP contribution < -0.4 is 10.1 Å². The van der Waals surface area contributed by atoms with Gasteiger partial charge in [0, 0.05) is 6.20 Å². The molecule has 0 radical (unpaired) electrons. The van der Waals surface area contributed by atoms with Crippen molar-refractivity contribution in [2.24, 2.45) is 0 Å². The second-order valence-electron chi connectivity index (χ2n) is 3.89. The van der Waals surface area contributed by atoms with Crippen LogP contribution in [0.2, 0.25) is 5.02 Å². The second-order valence-corrected chi connectivity index (χ2v) is 4.30. The van der Waals surface area contributed by atoms with Crippen LogP contribution in [0.25, 0.3) is 0 Å². The summed E-state index contributed by atoms with van der Waals surface area (Å²) in [7, 11) is 0. The molecule has 4 nitrogen and oxygen atoms in total. The quantitative estimate of drug-likeness (QED) is 0.933. The number of aromatic nitrogens is 1. The Balaban J connectivity index is 1.98. The Labute approximate surface area is 116 Å². The molecular formula is C14H13ClN2O2. The topological polar surface area (TPSA) is 51.2 Å². The first-order valence-electron chi connectivity index (χ1n) is 5.80. The lowest BCUT2D eigenvalue weighted by atomic mass is 10.3. The molecule has 1 aromatic heterocycles. The molecule has 0 bridgehead atoms. The standard InChI is InChI=1S/C14H13ClN2O2/c1-10(19-12-7-3-2-6-11(12)15)14(18)17-13-8-4-5-9-16-13/h2-10H,1H3,(H,16,17,18)/t10-/m0/s1. The monoisotopic (exact) mass is 276 g/mol. The van der Waals surface area contributed by atoms with Gasteiger partial charge in [0.1, 0.15) is 11.6 Å². The summed E-state index contributed by atoms with van der Waals surface area (Å²) in [5, 5.41) is 3.14. The van der Waals surface area contributed by atoms with Gasteiger partial charge in [-0.25, -0.2) is 4.98 Å². The Bertz CT molecular complexity index is 560. The van der Waals surface area contributed by atoms with Crippen molar-refractivity contribution >= 4 is 23.3 Å². The number of ether oxygens (including phenoxy) is 1. The third-order valence-electron chi connectivity index (χ3n) is 2.43. The van der Waals surface area contributed by atoms with Crippen LogP contribution in [-0.4, -0.2) is 17.0 Å². The van der Waals surface area contributed by atoms with Gasteiger partial charge in [0.15, 0.2) is 6.10 Å². The molecule has 2 rings (SSSR count). The highest BCUT2D eigenvalue weighted by molar-refractivity contribution is 6.32. The number of pyridine rings is 1. The molecule has 1 heterocycles. The van der Waals surface area contributed by atoms with E-state index in [2.05, 4.69) is 10.3 Å². The molecule has 0 saturated carbocycles. The molecule has 1 aromatic carbocycles. The van der Waals surface area contributed by atoms with E-state index in [9.17, 15) is 4.79 Å². The minimum Gasteiger partial charge on any atom is -0.479 e. The van der Waals surface area contributed by atoms with E-state index in [1.807, 2.05) is 0 Å². The van der Waals surface area contributed by atoms with Gasteiger partial charge < -0.3 is 10.1 Å². The van der Waals surface area contributed by atoms with Crippen LogP contribution in [0.15, 0.2) is 48.7 Å². The van der Waals surface area contributed by atoms with Crippen molar-refractivity contribution in [1.29, 1.82) is 0 Å². The molecule has 0 aliphatic carbocycles. The first-order valence-corrected chi connectivity index (χ1v) is 6.17. The molecule has 0 fully saturated rings. The Morgan fingerprint density at radius 2 is 2.00 bits per heavy atom. The summed E-state index contributed by atoms with van der Waals surface area (Å²) in [6.45, 7) is 1.65. The van der Waals surface area contributed by atoms with Crippen LogP contribution in [0.1, 0.15) is 6.92 Å². The van der Waals surface area contributed by atoms with Gasteiger partial charge in [0.05, 0.1) is 5.02 Å². The van der Waals surface area contributed by atoms with E-state index in [1.54, 1.807) is 55.6 Å². The number of hydrogen-bond acceptors (Lipinski definition) is 3. The molecule has 98 valence electrons. The molecule has 1 atom stereocenters. The number of nitrogens with zero attached hydrogens (tertiary/aromatic N) is 1. The Kier molecular flexibility index (Phi) is 4.36. The number of rotatable bonds is 4. The average Bonchev–Trinajstić information content (AvgIpc) is 2.42. The lowest BCUT2D eigenvalue weighted by molar-refractivity contribution is -0.122. The van der Waals surface area contributed by atoms with E-state index in [4.69, 9.17) is 16.3 Å². The molecule has 0 aliphatic rings. The largest absolute Gasteiger partial charge is 0.479 e. The van der Waals surface area contributed by atoms with E-state index >= 15 is 0 Å². The molecule has 1 amide bonds. The van der Waals surface area contributed by atoms with Gasteiger partial charge >= 0.3 is 0 Å². The minimum absolute atomic E-state index is 0.279. The van der Waals surface area contributed by atoms with Crippen molar-refractivity contribution in [3.05, 3.63) is 53.7 Å². The molecule has 0 saturated heterocycles. The number of halogens is 1. The number of nitrogens with one attached hydrogen (secondary N) is 1. The van der Waals surface area contributed by atoms with Crippen LogP contribution in [0, 0.1) is 0 Å². The predicted molar refractivity (Wildman–Crippen MR) is 74.4 cm³/mol. The smallest absolute Gasteiger partial charge is 0.266 e. The van der Waals surface area contributed by atoms with Gasteiger partial charge in [-0.3, -0.25) is 4.79 Å². The first-order chi connectivity index (χ1) is 9.16. The van der Waals surface area contributed by atoms with E-state index in [-0.39, 0.29) is 5.91 Å². The number of hydrogen-bond donors (Lipinski definition) is 1. The van der Waals surface area contributed by atoms with Crippen LogP contribution in [0.4, 0.5) is 5.82 Å². The number of amides is 1. The summed E-state index contributed by atoms with van der Waals surface area (Å²) in [4.78, 5) is 15.9. The zero-order valence-corrected chi connectivity index (χ0v) is 11.1. The van der Waals surface area contributed by atoms with Crippen LogP contribution in [0.5, 0.6) is 5.75 Å². The highest BCUT2D eigenvalue weighted by atomic mass is 35.5. The summed E-state index contributed by atoms with van der Waals surface area (Å²) < 4.78 is 5.51. The van der Waals surface area contributed by atoms with Gasteiger partial charge in [0.2, 0.25) is 0 Å². The molecule has 5 heteroatoms. The molecule has 2 aromatic rings. The number of benzene rings is 1. The Morgan fingerprint density at radius 1 is 1.26 bits per heavy atom. The van der Waals surface area contributed by atoms with Crippen LogP contribution in [0.3, 0.4) is 0 Å². The molecule has 0 spiro atoms. The Hall–Kier alpha value is -2.07. The van der Waals surface area contributed by atoms with Crippen LogP contribution >= 0.6 is 11.6 Å². The fourth-order valence-electron chi connectivity index (χ4n) is 1.45. The molecule has 19 heavy (non-hydrogen) atoms. The zero-order chi connectivity index (χ0) is 13.7. The van der Waals surface area contributed by atoms with Crippen molar-refractivity contribution in [1.82, 2.24) is 4.98 Å². The summed E-state index contributed by atoms with van der Waals surface area (Å²) in [5.74, 6) is 0.688. The van der Waals surface area contributed by atoms with E-state index < -0.39 is 6.10 Å². The first kappa shape index (κ1) is 13.4. The van der Waals surface area contributed by atoms with Crippen molar-refractivity contribution in [3.63, 3.8) is 0 Å². The molecular weight excluding hydrogens is 264 g/mol. The maximum atomic E-state index is 11.9. The van der Waals surface area contributed by atoms with Gasteiger partial charge in [-0.1, -0.05) is 29.8 Å². The summed E-state index contributed by atoms with van der Waals surface area (Å²) in [6.07, 6.45) is 0.941. The normalized spacial score (nSPS) is 11.7. The van der Waals surface area contributed by atoms with Crippen molar-refractivity contribution < 1.29 is 9.53 Å². The van der Waals surface area contributed by atoms with Crippen molar-refractivity contribution in [2.75, 3.05) is 5.32 Å². The van der Waals surface area contributed by atoms with Gasteiger partial charge in [-0.15, -0.1) is 0 Å². The highest BCUT2D eigenvalue weighted by Crippen LogP contribution is 2.24. The number of carbonyl (C=O) groups excluding carboxylic acids is 1. The van der Waals surface area contributed by atoms with Gasteiger partial charge in [-0.05, 0) is 31.2 Å². The summed E-state index contributed by atoms with van der Waals surface area (Å²) >= 11 is 5.96. The fourth-order valence-corrected chi connectivity index (χ4v) is 1.63. The molecule has 0 unspecified atom stereocenters. The van der Waals surface area contributed by atoms with Gasteiger partial charge in [0.25, 0.3) is 5.91 Å².